The first-order valence-electron chi connectivity index (χ1n) is 11.3. The summed E-state index contributed by atoms with van der Waals surface area (Å²) in [6.45, 7) is 5.37. The normalized spacial score (nSPS) is 19.4. The summed E-state index contributed by atoms with van der Waals surface area (Å²) in [5.74, 6) is 0.670. The highest BCUT2D eigenvalue weighted by Crippen LogP contribution is 2.26. The lowest BCUT2D eigenvalue weighted by molar-refractivity contribution is 0.0389. The molecule has 2 aromatic heterocycles. The fourth-order valence-electron chi connectivity index (χ4n) is 4.55. The third-order valence-corrected chi connectivity index (χ3v) is 6.39. The van der Waals surface area contributed by atoms with Crippen molar-refractivity contribution in [1.29, 1.82) is 0 Å². The highest BCUT2D eigenvalue weighted by Gasteiger charge is 2.25. The summed E-state index contributed by atoms with van der Waals surface area (Å²) in [5, 5.41) is 0. The second kappa shape index (κ2) is 9.22. The zero-order valence-corrected chi connectivity index (χ0v) is 18.5. The molecule has 0 radical (unpaired) electrons. The van der Waals surface area contributed by atoms with Gasteiger partial charge in [-0.1, -0.05) is 24.3 Å². The molecule has 1 unspecified atom stereocenters. The summed E-state index contributed by atoms with van der Waals surface area (Å²) in [5.41, 5.74) is 3.99. The van der Waals surface area contributed by atoms with E-state index in [-0.39, 0.29) is 11.7 Å². The van der Waals surface area contributed by atoms with E-state index in [1.807, 2.05) is 12.1 Å². The molecule has 2 aliphatic heterocycles. The topological polar surface area (TPSA) is 63.5 Å². The maximum atomic E-state index is 12.7. The minimum atomic E-state index is -0.0730. The smallest absolute Gasteiger partial charge is 0.255 e. The Morgan fingerprint density at radius 1 is 1.03 bits per heavy atom. The molecule has 7 heteroatoms. The van der Waals surface area contributed by atoms with Gasteiger partial charge < -0.3 is 9.64 Å². The molecule has 2 aliphatic rings. The summed E-state index contributed by atoms with van der Waals surface area (Å²) in [6.07, 6.45) is 6.00. The molecule has 166 valence electrons. The van der Waals surface area contributed by atoms with Crippen LogP contribution >= 0.6 is 0 Å². The number of hydrogen-bond acceptors (Lipinski definition) is 6. The van der Waals surface area contributed by atoms with Crippen molar-refractivity contribution >= 4 is 5.95 Å². The quantitative estimate of drug-likeness (QED) is 0.619. The minimum Gasteiger partial charge on any atom is -0.370 e. The van der Waals surface area contributed by atoms with Gasteiger partial charge in [0.05, 0.1) is 18.8 Å². The maximum Gasteiger partial charge on any atom is 0.255 e. The highest BCUT2D eigenvalue weighted by molar-refractivity contribution is 5.59. The van der Waals surface area contributed by atoms with E-state index in [1.54, 1.807) is 30.1 Å². The molecule has 7 nitrogen and oxygen atoms in total. The zero-order chi connectivity index (χ0) is 21.9. The van der Waals surface area contributed by atoms with E-state index in [0.29, 0.717) is 31.3 Å². The molecule has 0 amide bonds. The molecule has 5 rings (SSSR count). The third kappa shape index (κ3) is 4.45. The Hall–Kier alpha value is -3.03. The lowest BCUT2D eigenvalue weighted by Crippen LogP contribution is -2.41. The van der Waals surface area contributed by atoms with Crippen LogP contribution in [0.4, 0.5) is 5.95 Å². The number of aromatic nitrogens is 3. The molecule has 4 heterocycles. The van der Waals surface area contributed by atoms with E-state index in [2.05, 4.69) is 39.0 Å². The number of benzene rings is 1. The van der Waals surface area contributed by atoms with E-state index in [0.717, 1.165) is 17.7 Å². The minimum absolute atomic E-state index is 0.0499. The fraction of sp³-hybridized carbons (Fsp3) is 0.400. The molecule has 0 spiro atoms. The molecule has 32 heavy (non-hydrogen) atoms. The second-order valence-corrected chi connectivity index (χ2v) is 8.60. The molecular formula is C25H29N5O2. The molecule has 0 bridgehead atoms. The molecule has 0 N–H and O–H groups in total. The van der Waals surface area contributed by atoms with Gasteiger partial charge in [-0.3, -0.25) is 19.2 Å². The Balaban J connectivity index is 1.35. The van der Waals surface area contributed by atoms with E-state index in [4.69, 9.17) is 9.72 Å². The predicted molar refractivity (Wildman–Crippen MR) is 125 cm³/mol. The van der Waals surface area contributed by atoms with Crippen molar-refractivity contribution in [2.24, 2.45) is 7.05 Å². The predicted octanol–water partition coefficient (Wildman–Crippen LogP) is 3.02. The first kappa shape index (κ1) is 20.8. The SMILES string of the molecule is Cn1c(N2CCOC(c3ccc(CN4CCCC4)cc3)C2)nc(-c2ccncc2)cc1=O. The number of rotatable bonds is 5. The zero-order valence-electron chi connectivity index (χ0n) is 18.5. The Labute approximate surface area is 188 Å². The Bertz CT molecular complexity index is 1110. The standard InChI is InChI=1S/C25H29N5O2/c1-28-24(31)16-22(20-8-10-26-11-9-20)27-25(28)30-14-15-32-23(18-30)21-6-4-19(5-7-21)17-29-12-2-3-13-29/h4-11,16,23H,2-3,12-15,17-18H2,1H3. The average Bonchev–Trinajstić information content (AvgIpc) is 3.35. The average molecular weight is 432 g/mol. The van der Waals surface area contributed by atoms with Gasteiger partial charge in [0.15, 0.2) is 0 Å². The summed E-state index contributed by atoms with van der Waals surface area (Å²) >= 11 is 0. The van der Waals surface area contributed by atoms with Crippen LogP contribution in [0, 0.1) is 0 Å². The van der Waals surface area contributed by atoms with Gasteiger partial charge in [0, 0.05) is 44.2 Å². The van der Waals surface area contributed by atoms with Crippen LogP contribution in [0.25, 0.3) is 11.3 Å². The molecule has 0 saturated carbocycles. The van der Waals surface area contributed by atoms with E-state index in [9.17, 15) is 4.79 Å². The van der Waals surface area contributed by atoms with Crippen molar-refractivity contribution in [2.45, 2.75) is 25.5 Å². The Kier molecular flexibility index (Phi) is 6.01. The third-order valence-electron chi connectivity index (χ3n) is 6.39. The van der Waals surface area contributed by atoms with Crippen LogP contribution in [-0.2, 0) is 18.3 Å². The van der Waals surface area contributed by atoms with Crippen LogP contribution < -0.4 is 10.5 Å². The van der Waals surface area contributed by atoms with Crippen molar-refractivity contribution in [1.82, 2.24) is 19.4 Å². The molecule has 1 aromatic carbocycles. The van der Waals surface area contributed by atoms with Crippen molar-refractivity contribution in [3.05, 3.63) is 76.3 Å². The molecule has 3 aromatic rings. The van der Waals surface area contributed by atoms with Crippen LogP contribution in [0.15, 0.2) is 59.7 Å². The van der Waals surface area contributed by atoms with Gasteiger partial charge in [-0.25, -0.2) is 4.98 Å². The summed E-state index contributed by atoms with van der Waals surface area (Å²) in [7, 11) is 1.78. The summed E-state index contributed by atoms with van der Waals surface area (Å²) in [4.78, 5) is 26.2. The lowest BCUT2D eigenvalue weighted by Gasteiger charge is -2.34. The fourth-order valence-corrected chi connectivity index (χ4v) is 4.55. The number of anilines is 1. The summed E-state index contributed by atoms with van der Waals surface area (Å²) in [6, 6.07) is 14.1. The number of likely N-dealkylation sites (tertiary alicyclic amines) is 1. The molecule has 2 fully saturated rings. The number of nitrogens with zero attached hydrogens (tertiary/aromatic N) is 5. The Morgan fingerprint density at radius 3 is 2.53 bits per heavy atom. The van der Waals surface area contributed by atoms with Gasteiger partial charge >= 0.3 is 0 Å². The first-order chi connectivity index (χ1) is 15.7. The largest absolute Gasteiger partial charge is 0.370 e. The van der Waals surface area contributed by atoms with Gasteiger partial charge in [0.25, 0.3) is 5.56 Å². The molecular weight excluding hydrogens is 402 g/mol. The van der Waals surface area contributed by atoms with Gasteiger partial charge in [-0.05, 0) is 49.2 Å². The highest BCUT2D eigenvalue weighted by atomic mass is 16.5. The monoisotopic (exact) mass is 431 g/mol. The van der Waals surface area contributed by atoms with Crippen LogP contribution in [0.1, 0.15) is 30.1 Å². The first-order valence-corrected chi connectivity index (χ1v) is 11.3. The number of ether oxygens (including phenoxy) is 1. The van der Waals surface area contributed by atoms with E-state index >= 15 is 0 Å². The van der Waals surface area contributed by atoms with Gasteiger partial charge in [0.1, 0.15) is 6.10 Å². The number of pyridine rings is 1. The maximum absolute atomic E-state index is 12.7. The van der Waals surface area contributed by atoms with Crippen LogP contribution in [0.3, 0.4) is 0 Å². The van der Waals surface area contributed by atoms with E-state index < -0.39 is 0 Å². The van der Waals surface area contributed by atoms with E-state index in [1.165, 1.54) is 31.5 Å². The van der Waals surface area contributed by atoms with Gasteiger partial charge in [0.2, 0.25) is 5.95 Å². The van der Waals surface area contributed by atoms with Crippen LogP contribution in [0.5, 0.6) is 0 Å². The second-order valence-electron chi connectivity index (χ2n) is 8.60. The van der Waals surface area contributed by atoms with Crippen LogP contribution in [-0.4, -0.2) is 52.2 Å². The number of hydrogen-bond donors (Lipinski definition) is 0. The van der Waals surface area contributed by atoms with Crippen molar-refractivity contribution in [3.8, 4) is 11.3 Å². The number of morpholine rings is 1. The Morgan fingerprint density at radius 2 is 1.78 bits per heavy atom. The lowest BCUT2D eigenvalue weighted by atomic mass is 10.1. The van der Waals surface area contributed by atoms with Gasteiger partial charge in [-0.2, -0.15) is 0 Å². The van der Waals surface area contributed by atoms with Crippen molar-refractivity contribution in [2.75, 3.05) is 37.7 Å². The molecule has 2 saturated heterocycles. The molecule has 0 aliphatic carbocycles. The summed E-state index contributed by atoms with van der Waals surface area (Å²) < 4.78 is 7.72. The van der Waals surface area contributed by atoms with Crippen molar-refractivity contribution < 1.29 is 4.74 Å². The molecule has 1 atom stereocenters. The van der Waals surface area contributed by atoms with Gasteiger partial charge in [-0.15, -0.1) is 0 Å². The van der Waals surface area contributed by atoms with Crippen LogP contribution in [0.2, 0.25) is 0 Å². The van der Waals surface area contributed by atoms with Crippen molar-refractivity contribution in [3.63, 3.8) is 0 Å².